The Morgan fingerprint density at radius 3 is 0.909 bits per heavy atom. The van der Waals surface area contributed by atoms with Crippen LogP contribution in [0.1, 0.15) is 237 Å². The van der Waals surface area contributed by atoms with Gasteiger partial charge in [-0.15, -0.1) is 0 Å². The van der Waals surface area contributed by atoms with Crippen molar-refractivity contribution in [1.82, 2.24) is 0 Å². The van der Waals surface area contributed by atoms with Crippen molar-refractivity contribution in [2.24, 2.45) is 0 Å². The number of rotatable bonds is 28. The van der Waals surface area contributed by atoms with Crippen LogP contribution in [-0.2, 0) is 10.8 Å². The third-order valence-electron chi connectivity index (χ3n) is 14.3. The van der Waals surface area contributed by atoms with Crippen LogP contribution in [0.15, 0.2) is 93.9 Å². The molecular formula is C59H86Br2I5-. The van der Waals surface area contributed by atoms with Crippen molar-refractivity contribution >= 4 is 106 Å². The van der Waals surface area contributed by atoms with Crippen LogP contribution in [0.3, 0.4) is 0 Å². The van der Waals surface area contributed by atoms with E-state index in [1.165, 1.54) is 211 Å². The zero-order valence-electron chi connectivity index (χ0n) is 40.5. The van der Waals surface area contributed by atoms with E-state index in [1.807, 2.05) is 0 Å². The summed E-state index contributed by atoms with van der Waals surface area (Å²) in [5.74, 6) is 0. The van der Waals surface area contributed by atoms with Gasteiger partial charge in [0.2, 0.25) is 0 Å². The predicted molar refractivity (Wildman–Crippen MR) is 335 cm³/mol. The Kier molecular flexibility index (Phi) is 36.7. The summed E-state index contributed by atoms with van der Waals surface area (Å²) < 4.78 is 2.43. The molecule has 4 aromatic carbocycles. The van der Waals surface area contributed by atoms with Crippen LogP contribution in [-0.4, -0.2) is 0 Å². The first kappa shape index (κ1) is 63.6. The molecule has 0 bridgehead atoms. The van der Waals surface area contributed by atoms with Crippen molar-refractivity contribution in [2.45, 2.75) is 226 Å². The Balaban J connectivity index is 0.000000408. The van der Waals surface area contributed by atoms with Crippen molar-refractivity contribution in [1.29, 1.82) is 0 Å². The molecule has 0 radical (unpaired) electrons. The number of fused-ring (bicyclic) bond motifs is 6. The van der Waals surface area contributed by atoms with Crippen LogP contribution in [0, 0.1) is 0 Å². The molecule has 0 amide bonds. The first-order valence-electron chi connectivity index (χ1n) is 25.7. The first-order chi connectivity index (χ1) is 31.9. The molecule has 0 aliphatic heterocycles. The number of hydrogen-bond acceptors (Lipinski definition) is 0. The van der Waals surface area contributed by atoms with Gasteiger partial charge in [0.15, 0.2) is 0 Å². The van der Waals surface area contributed by atoms with Crippen molar-refractivity contribution in [2.75, 3.05) is 0 Å². The van der Waals surface area contributed by atoms with E-state index in [1.54, 1.807) is 22.3 Å². The summed E-state index contributed by atoms with van der Waals surface area (Å²) in [4.78, 5) is 0. The molecule has 0 saturated carbocycles. The zero-order chi connectivity index (χ0) is 47.2. The van der Waals surface area contributed by atoms with Crippen molar-refractivity contribution in [3.8, 4) is 22.3 Å². The summed E-state index contributed by atoms with van der Waals surface area (Å²) in [6.45, 7) is 9.22. The number of halogens is 7. The quantitative estimate of drug-likeness (QED) is 0.0393. The van der Waals surface area contributed by atoms with Crippen LogP contribution < -0.4 is 13.3 Å². The molecule has 0 atom stereocenters. The van der Waals surface area contributed by atoms with Crippen molar-refractivity contribution in [3.05, 3.63) is 116 Å². The Morgan fingerprint density at radius 2 is 0.606 bits per heavy atom. The third-order valence-corrected chi connectivity index (χ3v) is 15.3. The van der Waals surface area contributed by atoms with E-state index >= 15 is 0 Å². The van der Waals surface area contributed by atoms with Crippen LogP contribution in [0.4, 0.5) is 0 Å². The summed E-state index contributed by atoms with van der Waals surface area (Å²) in [5, 5.41) is 0. The van der Waals surface area contributed by atoms with Gasteiger partial charge in [0, 0.05) is 57.0 Å². The maximum atomic E-state index is 3.79. The van der Waals surface area contributed by atoms with Gasteiger partial charge in [0.05, 0.1) is 0 Å². The van der Waals surface area contributed by atoms with Crippen molar-refractivity contribution in [3.63, 3.8) is 0 Å². The fraction of sp³-hybridized carbons (Fsp3) is 0.593. The summed E-state index contributed by atoms with van der Waals surface area (Å²) >= 11 is 17.1. The second-order valence-electron chi connectivity index (χ2n) is 18.8. The molecule has 0 aromatic heterocycles. The molecule has 66 heavy (non-hydrogen) atoms. The third kappa shape index (κ3) is 19.7. The van der Waals surface area contributed by atoms with E-state index in [4.69, 9.17) is 0 Å². The fourth-order valence-electron chi connectivity index (χ4n) is 11.0. The molecule has 2 aliphatic rings. The zero-order valence-corrected chi connectivity index (χ0v) is 54.5. The molecule has 0 heterocycles. The van der Waals surface area contributed by atoms with Gasteiger partial charge in [-0.1, -0.05) is 282 Å². The van der Waals surface area contributed by atoms with Crippen LogP contribution >= 0.6 is 106 Å². The summed E-state index contributed by atoms with van der Waals surface area (Å²) in [6.07, 6.45) is 38.2. The van der Waals surface area contributed by atoms with E-state index in [-0.39, 0.29) is 18.3 Å². The minimum atomic E-state index is 0. The molecule has 0 nitrogen and oxygen atoms in total. The average Bonchev–Trinajstić information content (AvgIpc) is 3.75. The van der Waals surface area contributed by atoms with Crippen molar-refractivity contribution < 1.29 is 13.3 Å². The number of benzene rings is 4. The molecule has 0 saturated heterocycles. The van der Waals surface area contributed by atoms with E-state index < -0.39 is 0 Å². The Bertz CT molecular complexity index is 1730. The number of hydrogen-bond donors (Lipinski definition) is 0. The molecule has 2 aliphatic carbocycles. The van der Waals surface area contributed by atoms with Gasteiger partial charge >= 0.3 is 50.5 Å². The maximum absolute atomic E-state index is 3.79. The van der Waals surface area contributed by atoms with Crippen LogP contribution in [0.2, 0.25) is 0 Å². The second-order valence-corrected chi connectivity index (χ2v) is 36.8. The van der Waals surface area contributed by atoms with Gasteiger partial charge in [-0.25, -0.2) is 0 Å². The molecule has 372 valence electrons. The summed E-state index contributed by atoms with van der Waals surface area (Å²) in [5.41, 5.74) is 12.7. The van der Waals surface area contributed by atoms with Crippen LogP contribution in [0.25, 0.3) is 22.3 Å². The molecule has 0 fully saturated rings. The van der Waals surface area contributed by atoms with Gasteiger partial charge in [-0.3, -0.25) is 0 Å². The Labute approximate surface area is 477 Å². The molecule has 4 aromatic rings. The normalized spacial score (nSPS) is 13.1. The second kappa shape index (κ2) is 38.1. The minimum absolute atomic E-state index is 0. The SMILES string of the molecule is C.CCCCCCCCC1(CCCCCCCC)c2cc(Br)ccc2-c2ccc(Br)cc21.CCCCCCCCC1(CCCCCCCC)c2ccccc2-c2ccccc21.II.I[I-]I. The van der Waals surface area contributed by atoms with Gasteiger partial charge < -0.3 is 0 Å². The number of unbranched alkanes of at least 4 members (excludes halogenated alkanes) is 20. The monoisotopic (exact) mass is 1590 g/mol. The van der Waals surface area contributed by atoms with E-state index in [0.717, 1.165) is 0 Å². The van der Waals surface area contributed by atoms with Gasteiger partial charge in [-0.05, 0) is 94.5 Å². The molecule has 0 N–H and O–H groups in total. The average molecular weight is 1590 g/mol. The molecule has 7 heteroatoms. The standard InChI is InChI=1S/C29H40Br2.C29H42.CH4.I3.I2/c1-3-5-7-9-11-13-19-29(20-14-12-10-8-6-4-2)27-21-23(30)15-17-25(27)26-18-16-24(31)22-28(26)29;1-3-5-7-9-11-17-23-29(24-18-12-10-8-6-4-2)27-21-15-13-19-25(27)26-20-14-16-22-28(26)29;;1-3-2;1-2/h15-18,21-22H,3-14,19-20H2,1-2H3;13-16,19-22H,3-12,17-18,23-24H2,1-2H3;1H4;;/q;;;-1;. The molecule has 0 spiro atoms. The fourth-order valence-corrected chi connectivity index (χ4v) is 11.7. The molecule has 6 rings (SSSR count). The van der Waals surface area contributed by atoms with Gasteiger partial charge in [-0.2, -0.15) is 0 Å². The van der Waals surface area contributed by atoms with E-state index in [9.17, 15) is 0 Å². The molecule has 0 unspecified atom stereocenters. The molecular weight excluding hydrogens is 1500 g/mol. The van der Waals surface area contributed by atoms with E-state index in [2.05, 4.69) is 219 Å². The Morgan fingerprint density at radius 1 is 0.364 bits per heavy atom. The van der Waals surface area contributed by atoms with Gasteiger partial charge in [0.1, 0.15) is 0 Å². The predicted octanol–water partition coefficient (Wildman–Crippen LogP) is 21.6. The topological polar surface area (TPSA) is 0 Å². The first-order valence-corrected chi connectivity index (χ1v) is 46.1. The summed E-state index contributed by atoms with van der Waals surface area (Å²) in [6, 6.07) is 32.5. The van der Waals surface area contributed by atoms with E-state index in [0.29, 0.717) is 13.3 Å². The van der Waals surface area contributed by atoms with Crippen LogP contribution in [0.5, 0.6) is 0 Å². The van der Waals surface area contributed by atoms with Gasteiger partial charge in [0.25, 0.3) is 0 Å². The Hall–Kier alpha value is 1.49. The summed E-state index contributed by atoms with van der Waals surface area (Å²) in [7, 11) is 0.